The number of hydrogen-bond acceptors (Lipinski definition) is 4. The molecule has 2 aromatic rings. The van der Waals surface area contributed by atoms with Crippen molar-refractivity contribution in [3.05, 3.63) is 40.4 Å². The molecule has 1 atom stereocenters. The Labute approximate surface area is 101 Å². The summed E-state index contributed by atoms with van der Waals surface area (Å²) in [5.74, 6) is 0. The number of rotatable bonds is 3. The fourth-order valence-corrected chi connectivity index (χ4v) is 1.95. The Balaban J connectivity index is 2.14. The quantitative estimate of drug-likeness (QED) is 0.920. The number of aryl methyl sites for hydroxylation is 1. The summed E-state index contributed by atoms with van der Waals surface area (Å²) in [5, 5.41) is 17.7. The largest absolute Gasteiger partial charge is 0.386 e. The van der Waals surface area contributed by atoms with Crippen LogP contribution in [-0.4, -0.2) is 25.1 Å². The van der Waals surface area contributed by atoms with Gasteiger partial charge in [0.2, 0.25) is 0 Å². The zero-order valence-electron chi connectivity index (χ0n) is 8.71. The third-order valence-electron chi connectivity index (χ3n) is 2.16. The second-order valence-electron chi connectivity index (χ2n) is 3.47. The molecule has 2 heterocycles. The molecule has 0 aliphatic carbocycles. The summed E-state index contributed by atoms with van der Waals surface area (Å²) in [6, 6.07) is 3.66. The molecule has 0 spiro atoms. The highest BCUT2D eigenvalue weighted by Gasteiger charge is 2.14. The van der Waals surface area contributed by atoms with Crippen molar-refractivity contribution < 1.29 is 5.11 Å². The van der Waals surface area contributed by atoms with Crippen molar-refractivity contribution in [3.63, 3.8) is 0 Å². The SMILES string of the molecule is Cn1cc(CC(O)c2ncccc2Br)nn1. The molecule has 0 aliphatic rings. The monoisotopic (exact) mass is 282 g/mol. The molecule has 0 saturated heterocycles. The highest BCUT2D eigenvalue weighted by Crippen LogP contribution is 2.22. The van der Waals surface area contributed by atoms with Gasteiger partial charge in [-0.05, 0) is 28.1 Å². The van der Waals surface area contributed by atoms with Gasteiger partial charge in [0, 0.05) is 30.3 Å². The van der Waals surface area contributed by atoms with Crippen molar-refractivity contribution in [1.29, 1.82) is 0 Å². The Bertz CT molecular complexity index is 485. The van der Waals surface area contributed by atoms with Gasteiger partial charge in [-0.25, -0.2) is 0 Å². The van der Waals surface area contributed by atoms with E-state index in [0.29, 0.717) is 12.1 Å². The maximum atomic E-state index is 9.99. The van der Waals surface area contributed by atoms with Crippen LogP contribution in [0, 0.1) is 0 Å². The topological polar surface area (TPSA) is 63.8 Å². The van der Waals surface area contributed by atoms with Crippen molar-refractivity contribution in [2.24, 2.45) is 7.05 Å². The first-order chi connectivity index (χ1) is 7.66. The average molecular weight is 283 g/mol. The molecule has 0 aromatic carbocycles. The number of aromatic nitrogens is 4. The van der Waals surface area contributed by atoms with Gasteiger partial charge in [0.15, 0.2) is 0 Å². The van der Waals surface area contributed by atoms with E-state index in [1.165, 1.54) is 0 Å². The van der Waals surface area contributed by atoms with Crippen LogP contribution in [-0.2, 0) is 13.5 Å². The lowest BCUT2D eigenvalue weighted by molar-refractivity contribution is 0.171. The van der Waals surface area contributed by atoms with Gasteiger partial charge >= 0.3 is 0 Å². The lowest BCUT2D eigenvalue weighted by Crippen LogP contribution is -2.05. The van der Waals surface area contributed by atoms with Gasteiger partial charge in [-0.1, -0.05) is 5.21 Å². The first-order valence-corrected chi connectivity index (χ1v) is 5.60. The van der Waals surface area contributed by atoms with E-state index in [0.717, 1.165) is 10.2 Å². The molecule has 6 heteroatoms. The highest BCUT2D eigenvalue weighted by atomic mass is 79.9. The Kier molecular flexibility index (Phi) is 3.31. The predicted molar refractivity (Wildman–Crippen MR) is 61.6 cm³/mol. The Morgan fingerprint density at radius 3 is 3.00 bits per heavy atom. The Hall–Kier alpha value is -1.27. The molecule has 84 valence electrons. The van der Waals surface area contributed by atoms with E-state index in [9.17, 15) is 5.11 Å². The van der Waals surface area contributed by atoms with Crippen LogP contribution in [0.2, 0.25) is 0 Å². The highest BCUT2D eigenvalue weighted by molar-refractivity contribution is 9.10. The van der Waals surface area contributed by atoms with E-state index < -0.39 is 6.10 Å². The van der Waals surface area contributed by atoms with Crippen LogP contribution in [0.5, 0.6) is 0 Å². The third kappa shape index (κ3) is 2.45. The summed E-state index contributed by atoms with van der Waals surface area (Å²) in [4.78, 5) is 4.13. The summed E-state index contributed by atoms with van der Waals surface area (Å²) in [7, 11) is 1.79. The molecule has 0 fully saturated rings. The molecule has 5 nitrogen and oxygen atoms in total. The zero-order chi connectivity index (χ0) is 11.5. The van der Waals surface area contributed by atoms with Crippen molar-refractivity contribution >= 4 is 15.9 Å². The lowest BCUT2D eigenvalue weighted by Gasteiger charge is -2.09. The number of aliphatic hydroxyl groups is 1. The molecule has 2 rings (SSSR count). The van der Waals surface area contributed by atoms with Crippen LogP contribution in [0.15, 0.2) is 29.0 Å². The minimum absolute atomic E-state index is 0.406. The first-order valence-electron chi connectivity index (χ1n) is 4.80. The number of hydrogen-bond donors (Lipinski definition) is 1. The molecule has 1 unspecified atom stereocenters. The molecule has 0 bridgehead atoms. The molecule has 1 N–H and O–H groups in total. The molecule has 0 amide bonds. The van der Waals surface area contributed by atoms with Gasteiger partial charge in [-0.15, -0.1) is 5.10 Å². The summed E-state index contributed by atoms with van der Waals surface area (Å²) >= 11 is 3.35. The second kappa shape index (κ2) is 4.71. The predicted octanol–water partition coefficient (Wildman–Crippen LogP) is 1.25. The zero-order valence-corrected chi connectivity index (χ0v) is 10.3. The fourth-order valence-electron chi connectivity index (χ4n) is 1.43. The van der Waals surface area contributed by atoms with Crippen molar-refractivity contribution in [2.75, 3.05) is 0 Å². The molecular formula is C10H11BrN4O. The van der Waals surface area contributed by atoms with E-state index in [1.54, 1.807) is 24.1 Å². The van der Waals surface area contributed by atoms with Gasteiger partial charge < -0.3 is 5.11 Å². The van der Waals surface area contributed by atoms with Gasteiger partial charge in [-0.2, -0.15) is 0 Å². The average Bonchev–Trinajstić information content (AvgIpc) is 2.64. The summed E-state index contributed by atoms with van der Waals surface area (Å²) < 4.78 is 2.40. The van der Waals surface area contributed by atoms with Crippen LogP contribution in [0.25, 0.3) is 0 Å². The van der Waals surface area contributed by atoms with Gasteiger partial charge in [0.1, 0.15) is 6.10 Å². The maximum Gasteiger partial charge on any atom is 0.103 e. The third-order valence-corrected chi connectivity index (χ3v) is 2.83. The van der Waals surface area contributed by atoms with E-state index in [-0.39, 0.29) is 0 Å². The number of pyridine rings is 1. The number of nitrogens with zero attached hydrogens (tertiary/aromatic N) is 4. The molecular weight excluding hydrogens is 272 g/mol. The first kappa shape index (κ1) is 11.2. The minimum atomic E-state index is -0.674. The maximum absolute atomic E-state index is 9.99. The second-order valence-corrected chi connectivity index (χ2v) is 4.33. The van der Waals surface area contributed by atoms with E-state index in [2.05, 4.69) is 31.2 Å². The molecule has 0 saturated carbocycles. The number of aliphatic hydroxyl groups excluding tert-OH is 1. The van der Waals surface area contributed by atoms with Crippen LogP contribution >= 0.6 is 15.9 Å². The van der Waals surface area contributed by atoms with Crippen molar-refractivity contribution in [3.8, 4) is 0 Å². The van der Waals surface area contributed by atoms with E-state index in [1.807, 2.05) is 12.1 Å². The van der Waals surface area contributed by atoms with Crippen LogP contribution < -0.4 is 0 Å². The molecule has 16 heavy (non-hydrogen) atoms. The van der Waals surface area contributed by atoms with Crippen LogP contribution in [0.4, 0.5) is 0 Å². The van der Waals surface area contributed by atoms with E-state index >= 15 is 0 Å². The summed E-state index contributed by atoms with van der Waals surface area (Å²) in [6.07, 6.45) is 3.16. The summed E-state index contributed by atoms with van der Waals surface area (Å²) in [5.41, 5.74) is 1.36. The minimum Gasteiger partial charge on any atom is -0.386 e. The molecule has 0 aliphatic heterocycles. The fraction of sp³-hybridized carbons (Fsp3) is 0.300. The molecule has 0 radical (unpaired) electrons. The standard InChI is InChI=1S/C10H11BrN4O/c1-15-6-7(13-14-15)5-9(16)10-8(11)3-2-4-12-10/h2-4,6,9,16H,5H2,1H3. The Morgan fingerprint density at radius 2 is 2.38 bits per heavy atom. The van der Waals surface area contributed by atoms with E-state index in [4.69, 9.17) is 0 Å². The normalized spacial score (nSPS) is 12.7. The molecule has 2 aromatic heterocycles. The smallest absolute Gasteiger partial charge is 0.103 e. The van der Waals surface area contributed by atoms with Gasteiger partial charge in [0.25, 0.3) is 0 Å². The van der Waals surface area contributed by atoms with Gasteiger partial charge in [0.05, 0.1) is 11.4 Å². The Morgan fingerprint density at radius 1 is 1.56 bits per heavy atom. The van der Waals surface area contributed by atoms with Crippen LogP contribution in [0.1, 0.15) is 17.5 Å². The lowest BCUT2D eigenvalue weighted by atomic mass is 10.1. The van der Waals surface area contributed by atoms with Crippen molar-refractivity contribution in [2.45, 2.75) is 12.5 Å². The van der Waals surface area contributed by atoms with Gasteiger partial charge in [-0.3, -0.25) is 9.67 Å². The summed E-state index contributed by atoms with van der Waals surface area (Å²) in [6.45, 7) is 0. The van der Waals surface area contributed by atoms with Crippen LogP contribution in [0.3, 0.4) is 0 Å². The van der Waals surface area contributed by atoms with Crippen molar-refractivity contribution in [1.82, 2.24) is 20.0 Å². The number of halogens is 1.